The third-order valence-corrected chi connectivity index (χ3v) is 2.60. The van der Waals surface area contributed by atoms with Crippen molar-refractivity contribution in [3.8, 4) is 0 Å². The van der Waals surface area contributed by atoms with Gasteiger partial charge in [-0.2, -0.15) is 0 Å². The van der Waals surface area contributed by atoms with Crippen molar-refractivity contribution < 1.29 is 25.5 Å². The van der Waals surface area contributed by atoms with E-state index in [2.05, 4.69) is 0 Å². The van der Waals surface area contributed by atoms with Crippen molar-refractivity contribution in [1.29, 1.82) is 0 Å². The molecule has 13 heavy (non-hydrogen) atoms. The van der Waals surface area contributed by atoms with Gasteiger partial charge >= 0.3 is 0 Å². The predicted octanol–water partition coefficient (Wildman–Crippen LogP) is -3.48. The second kappa shape index (κ2) is 3.49. The van der Waals surface area contributed by atoms with Gasteiger partial charge in [0.25, 0.3) is 0 Å². The molecule has 0 heterocycles. The van der Waals surface area contributed by atoms with Crippen LogP contribution in [-0.2, 0) is 0 Å². The van der Waals surface area contributed by atoms with Crippen molar-refractivity contribution in [3.63, 3.8) is 0 Å². The van der Waals surface area contributed by atoms with E-state index in [0.29, 0.717) is 0 Å². The number of aliphatic hydroxyl groups excluding tert-OH is 4. The third kappa shape index (κ3) is 1.56. The van der Waals surface area contributed by atoms with E-state index in [9.17, 15) is 20.4 Å². The van der Waals surface area contributed by atoms with Crippen LogP contribution < -0.4 is 5.73 Å². The monoisotopic (exact) mass is 193 g/mol. The van der Waals surface area contributed by atoms with E-state index in [0.717, 1.165) is 0 Å². The van der Waals surface area contributed by atoms with Crippen molar-refractivity contribution in [1.82, 2.24) is 0 Å². The summed E-state index contributed by atoms with van der Waals surface area (Å²) in [6.07, 6.45) is -4.04. The zero-order valence-corrected chi connectivity index (χ0v) is 7.04. The highest BCUT2D eigenvalue weighted by atomic mass is 16.4. The summed E-state index contributed by atoms with van der Waals surface area (Å²) < 4.78 is 0. The molecule has 1 aliphatic rings. The molecule has 0 aromatic rings. The maximum Gasteiger partial charge on any atom is 0.133 e. The standard InChI is InChI=1S/C7H15NO5/c8-5-3(10)1-4(11)6(12)7(5,13)2-9/h3-6,9-13H,1-2,8H2/t3?,4-,5-,6+,7-/m1/s1. The zero-order valence-electron chi connectivity index (χ0n) is 7.04. The van der Waals surface area contributed by atoms with Crippen LogP contribution in [0.15, 0.2) is 0 Å². The summed E-state index contributed by atoms with van der Waals surface area (Å²) in [6, 6.07) is -1.16. The number of aliphatic hydroxyl groups is 5. The van der Waals surface area contributed by atoms with Gasteiger partial charge in [-0.05, 0) is 0 Å². The predicted molar refractivity (Wildman–Crippen MR) is 42.6 cm³/mol. The maximum absolute atomic E-state index is 9.61. The molecule has 1 fully saturated rings. The van der Waals surface area contributed by atoms with E-state index >= 15 is 0 Å². The summed E-state index contributed by atoms with van der Waals surface area (Å²) in [4.78, 5) is 0. The lowest BCUT2D eigenvalue weighted by molar-refractivity contribution is -0.201. The van der Waals surface area contributed by atoms with Crippen LogP contribution >= 0.6 is 0 Å². The van der Waals surface area contributed by atoms with E-state index in [1.54, 1.807) is 0 Å². The van der Waals surface area contributed by atoms with Gasteiger partial charge in [0.05, 0.1) is 24.9 Å². The summed E-state index contributed by atoms with van der Waals surface area (Å²) in [7, 11) is 0. The Balaban J connectivity index is 2.88. The van der Waals surface area contributed by atoms with Crippen LogP contribution in [0.1, 0.15) is 6.42 Å². The fraction of sp³-hybridized carbons (Fsp3) is 1.00. The van der Waals surface area contributed by atoms with Crippen LogP contribution in [-0.4, -0.2) is 62.1 Å². The second-order valence-electron chi connectivity index (χ2n) is 3.49. The average Bonchev–Trinajstić information content (AvgIpc) is 2.12. The third-order valence-electron chi connectivity index (χ3n) is 2.60. The summed E-state index contributed by atoms with van der Waals surface area (Å²) >= 11 is 0. The van der Waals surface area contributed by atoms with Gasteiger partial charge in [-0.15, -0.1) is 0 Å². The summed E-state index contributed by atoms with van der Waals surface area (Å²) in [5.74, 6) is 0. The van der Waals surface area contributed by atoms with Crippen LogP contribution in [0.4, 0.5) is 0 Å². The molecule has 0 aromatic carbocycles. The van der Waals surface area contributed by atoms with Gasteiger partial charge in [-0.1, -0.05) is 0 Å². The minimum absolute atomic E-state index is 0.107. The highest BCUT2D eigenvalue weighted by Gasteiger charge is 2.51. The van der Waals surface area contributed by atoms with Crippen LogP contribution in [0, 0.1) is 0 Å². The SMILES string of the molecule is N[C@@H]1C(O)C[C@@H](O)[C@H](O)[C@@]1(O)CO. The van der Waals surface area contributed by atoms with Crippen LogP contribution in [0.5, 0.6) is 0 Å². The lowest BCUT2D eigenvalue weighted by Gasteiger charge is -2.45. The molecule has 0 radical (unpaired) electrons. The van der Waals surface area contributed by atoms with Gasteiger partial charge in [0, 0.05) is 6.42 Å². The first-order valence-electron chi connectivity index (χ1n) is 4.06. The molecule has 1 unspecified atom stereocenters. The number of nitrogens with two attached hydrogens (primary N) is 1. The highest BCUT2D eigenvalue weighted by molar-refractivity contribution is 5.06. The van der Waals surface area contributed by atoms with Crippen molar-refractivity contribution in [2.75, 3.05) is 6.61 Å². The van der Waals surface area contributed by atoms with Crippen molar-refractivity contribution in [2.24, 2.45) is 5.73 Å². The summed E-state index contributed by atoms with van der Waals surface area (Å²) in [5.41, 5.74) is 3.36. The van der Waals surface area contributed by atoms with Crippen molar-refractivity contribution >= 4 is 0 Å². The Morgan fingerprint density at radius 1 is 1.23 bits per heavy atom. The molecule has 6 heteroatoms. The molecule has 0 spiro atoms. The average molecular weight is 193 g/mol. The summed E-state index contributed by atoms with van der Waals surface area (Å²) in [5, 5.41) is 46.2. The molecule has 0 amide bonds. The molecular weight excluding hydrogens is 178 g/mol. The fourth-order valence-electron chi connectivity index (χ4n) is 1.59. The van der Waals surface area contributed by atoms with Gasteiger partial charge in [0.15, 0.2) is 0 Å². The Hall–Kier alpha value is -0.240. The zero-order chi connectivity index (χ0) is 10.2. The molecule has 1 saturated carbocycles. The Kier molecular flexibility index (Phi) is 2.91. The van der Waals surface area contributed by atoms with E-state index in [1.807, 2.05) is 0 Å². The molecule has 0 saturated heterocycles. The van der Waals surface area contributed by atoms with E-state index in [4.69, 9.17) is 10.8 Å². The van der Waals surface area contributed by atoms with E-state index in [-0.39, 0.29) is 6.42 Å². The maximum atomic E-state index is 9.61. The van der Waals surface area contributed by atoms with Crippen molar-refractivity contribution in [3.05, 3.63) is 0 Å². The van der Waals surface area contributed by atoms with Gasteiger partial charge in [-0.3, -0.25) is 0 Å². The smallest absolute Gasteiger partial charge is 0.133 e. The lowest BCUT2D eigenvalue weighted by Crippen LogP contribution is -2.70. The molecule has 1 rings (SSSR count). The Bertz CT molecular complexity index is 174. The minimum atomic E-state index is -2.03. The largest absolute Gasteiger partial charge is 0.393 e. The Labute approximate surface area is 75.2 Å². The quantitative estimate of drug-likeness (QED) is 0.257. The van der Waals surface area contributed by atoms with Crippen LogP contribution in [0.2, 0.25) is 0 Å². The van der Waals surface area contributed by atoms with Gasteiger partial charge in [0.2, 0.25) is 0 Å². The first-order chi connectivity index (χ1) is 5.93. The fourth-order valence-corrected chi connectivity index (χ4v) is 1.59. The number of rotatable bonds is 1. The minimum Gasteiger partial charge on any atom is -0.393 e. The summed E-state index contributed by atoms with van der Waals surface area (Å²) in [6.45, 7) is -0.802. The van der Waals surface area contributed by atoms with Crippen LogP contribution in [0.25, 0.3) is 0 Å². The molecule has 0 aliphatic heterocycles. The topological polar surface area (TPSA) is 127 Å². The van der Waals surface area contributed by atoms with Gasteiger partial charge < -0.3 is 31.3 Å². The molecule has 78 valence electrons. The number of hydrogen-bond donors (Lipinski definition) is 6. The van der Waals surface area contributed by atoms with E-state index in [1.165, 1.54) is 0 Å². The molecule has 1 aliphatic carbocycles. The first kappa shape index (κ1) is 10.8. The molecule has 0 aromatic heterocycles. The van der Waals surface area contributed by atoms with Gasteiger partial charge in [0.1, 0.15) is 11.7 Å². The highest BCUT2D eigenvalue weighted by Crippen LogP contribution is 2.28. The Morgan fingerprint density at radius 3 is 2.23 bits per heavy atom. The van der Waals surface area contributed by atoms with Crippen molar-refractivity contribution in [2.45, 2.75) is 36.4 Å². The first-order valence-corrected chi connectivity index (χ1v) is 4.06. The molecule has 7 N–H and O–H groups in total. The number of hydrogen-bond acceptors (Lipinski definition) is 6. The van der Waals surface area contributed by atoms with Crippen LogP contribution in [0.3, 0.4) is 0 Å². The molecule has 0 bridgehead atoms. The molecule has 6 nitrogen and oxygen atoms in total. The lowest BCUT2D eigenvalue weighted by atomic mass is 9.75. The van der Waals surface area contributed by atoms with E-state index < -0.39 is 36.6 Å². The van der Waals surface area contributed by atoms with Gasteiger partial charge in [-0.25, -0.2) is 0 Å². The molecule has 5 atom stereocenters. The molecular formula is C7H15NO5. The Morgan fingerprint density at radius 2 is 1.77 bits per heavy atom. The second-order valence-corrected chi connectivity index (χ2v) is 3.49. The normalized spacial score (nSPS) is 52.2.